The fourth-order valence-electron chi connectivity index (χ4n) is 1.16. The van der Waals surface area contributed by atoms with Crippen molar-refractivity contribution in [3.8, 4) is 5.75 Å². The average Bonchev–Trinajstić information content (AvgIpc) is 2.01. The lowest BCUT2D eigenvalue weighted by Crippen LogP contribution is -1.98. The van der Waals surface area contributed by atoms with Crippen LogP contribution in [-0.4, -0.2) is 12.0 Å². The zero-order valence-electron chi connectivity index (χ0n) is 7.40. The lowest BCUT2D eigenvalue weighted by Gasteiger charge is -2.04. The summed E-state index contributed by atoms with van der Waals surface area (Å²) in [4.78, 5) is 10.1. The predicted octanol–water partition coefficient (Wildman–Crippen LogP) is 1.49. The van der Waals surface area contributed by atoms with Crippen molar-refractivity contribution in [3.05, 3.63) is 27.8 Å². The Labute approximate surface area is 75.3 Å². The van der Waals surface area contributed by atoms with Crippen LogP contribution in [0, 0.1) is 17.0 Å². The summed E-state index contributed by atoms with van der Waals surface area (Å²) in [5, 5.41) is 10.6. The van der Waals surface area contributed by atoms with Gasteiger partial charge in [0.2, 0.25) is 0 Å². The molecule has 70 valence electrons. The van der Waals surface area contributed by atoms with Crippen LogP contribution < -0.4 is 10.5 Å². The Kier molecular flexibility index (Phi) is 2.36. The van der Waals surface area contributed by atoms with Gasteiger partial charge in [-0.25, -0.2) is 0 Å². The lowest BCUT2D eigenvalue weighted by atomic mass is 10.1. The molecular formula is C8H10N2O3. The molecule has 5 nitrogen and oxygen atoms in total. The maximum absolute atomic E-state index is 10.6. The molecule has 0 bridgehead atoms. The summed E-state index contributed by atoms with van der Waals surface area (Å²) in [7, 11) is 1.38. The first-order valence-electron chi connectivity index (χ1n) is 3.64. The average molecular weight is 182 g/mol. The molecule has 2 N–H and O–H groups in total. The van der Waals surface area contributed by atoms with Gasteiger partial charge >= 0.3 is 5.69 Å². The number of anilines is 1. The Morgan fingerprint density at radius 3 is 2.62 bits per heavy atom. The fourth-order valence-corrected chi connectivity index (χ4v) is 1.16. The van der Waals surface area contributed by atoms with Gasteiger partial charge in [0.05, 0.1) is 12.0 Å². The van der Waals surface area contributed by atoms with E-state index in [2.05, 4.69) is 0 Å². The van der Waals surface area contributed by atoms with Gasteiger partial charge in [-0.15, -0.1) is 0 Å². The first-order chi connectivity index (χ1) is 6.06. The second-order valence-electron chi connectivity index (χ2n) is 2.65. The van der Waals surface area contributed by atoms with Crippen LogP contribution in [0.25, 0.3) is 0 Å². The number of nitrogen functional groups attached to an aromatic ring is 1. The second-order valence-corrected chi connectivity index (χ2v) is 2.65. The van der Waals surface area contributed by atoms with E-state index in [1.807, 2.05) is 0 Å². The van der Waals surface area contributed by atoms with E-state index in [0.717, 1.165) is 0 Å². The second kappa shape index (κ2) is 3.30. The predicted molar refractivity (Wildman–Crippen MR) is 48.8 cm³/mol. The number of aryl methyl sites for hydroxylation is 1. The number of hydrogen-bond donors (Lipinski definition) is 1. The van der Waals surface area contributed by atoms with Crippen LogP contribution in [0.15, 0.2) is 12.1 Å². The minimum atomic E-state index is -0.479. The van der Waals surface area contributed by atoms with Crippen molar-refractivity contribution in [1.82, 2.24) is 0 Å². The molecule has 0 saturated carbocycles. The number of nitro benzene ring substituents is 1. The third-order valence-electron chi connectivity index (χ3n) is 1.69. The van der Waals surface area contributed by atoms with Crippen molar-refractivity contribution >= 4 is 11.4 Å². The Morgan fingerprint density at radius 1 is 1.54 bits per heavy atom. The molecule has 0 aliphatic rings. The summed E-state index contributed by atoms with van der Waals surface area (Å²) in [6.45, 7) is 1.62. The maximum Gasteiger partial charge on any atom is 0.313 e. The maximum atomic E-state index is 10.6. The van der Waals surface area contributed by atoms with Crippen LogP contribution in [0.1, 0.15) is 5.56 Å². The van der Waals surface area contributed by atoms with E-state index < -0.39 is 4.92 Å². The van der Waals surface area contributed by atoms with Crippen LogP contribution in [0.5, 0.6) is 5.75 Å². The van der Waals surface area contributed by atoms with Gasteiger partial charge in [-0.2, -0.15) is 0 Å². The molecule has 0 amide bonds. The molecule has 0 unspecified atom stereocenters. The fraction of sp³-hybridized carbons (Fsp3) is 0.250. The van der Waals surface area contributed by atoms with Gasteiger partial charge in [0.15, 0.2) is 5.75 Å². The smallest absolute Gasteiger partial charge is 0.313 e. The molecule has 0 heterocycles. The summed E-state index contributed by atoms with van der Waals surface area (Å²) >= 11 is 0. The summed E-state index contributed by atoms with van der Waals surface area (Å²) in [5.74, 6) is 0.197. The zero-order chi connectivity index (χ0) is 10.0. The summed E-state index contributed by atoms with van der Waals surface area (Å²) in [6.07, 6.45) is 0. The Balaban J connectivity index is 3.38. The van der Waals surface area contributed by atoms with Crippen molar-refractivity contribution in [2.75, 3.05) is 12.8 Å². The first-order valence-corrected chi connectivity index (χ1v) is 3.64. The van der Waals surface area contributed by atoms with Crippen molar-refractivity contribution in [1.29, 1.82) is 0 Å². The number of nitro groups is 1. The minimum absolute atomic E-state index is 0.0308. The van der Waals surface area contributed by atoms with Crippen LogP contribution >= 0.6 is 0 Å². The third kappa shape index (κ3) is 1.69. The summed E-state index contributed by atoms with van der Waals surface area (Å²) in [6, 6.07) is 2.98. The molecule has 0 atom stereocenters. The molecule has 0 radical (unpaired) electrons. The highest BCUT2D eigenvalue weighted by atomic mass is 16.6. The van der Waals surface area contributed by atoms with Crippen LogP contribution in [0.3, 0.4) is 0 Å². The number of nitrogens with zero attached hydrogens (tertiary/aromatic N) is 1. The Hall–Kier alpha value is -1.78. The molecule has 0 fully saturated rings. The van der Waals surface area contributed by atoms with E-state index in [0.29, 0.717) is 11.3 Å². The SMILES string of the molecule is COc1cc(N)cc(C)c1[N+](=O)[O-]. The number of methoxy groups -OCH3 is 1. The van der Waals surface area contributed by atoms with E-state index >= 15 is 0 Å². The standard InChI is InChI=1S/C8H10N2O3/c1-5-3-6(9)4-7(13-2)8(5)10(11)12/h3-4H,9H2,1-2H3. The number of nitrogens with two attached hydrogens (primary N) is 1. The topological polar surface area (TPSA) is 78.4 Å². The zero-order valence-corrected chi connectivity index (χ0v) is 7.40. The van der Waals surface area contributed by atoms with E-state index in [4.69, 9.17) is 10.5 Å². The molecular weight excluding hydrogens is 172 g/mol. The molecule has 1 rings (SSSR count). The van der Waals surface area contributed by atoms with E-state index in [-0.39, 0.29) is 11.4 Å². The van der Waals surface area contributed by atoms with Gasteiger partial charge in [0.1, 0.15) is 0 Å². The van der Waals surface area contributed by atoms with E-state index in [1.54, 1.807) is 13.0 Å². The molecule has 0 aliphatic heterocycles. The molecule has 0 spiro atoms. The molecule has 0 saturated heterocycles. The van der Waals surface area contributed by atoms with Gasteiger partial charge in [-0.05, 0) is 13.0 Å². The molecule has 13 heavy (non-hydrogen) atoms. The minimum Gasteiger partial charge on any atom is -0.490 e. The van der Waals surface area contributed by atoms with Gasteiger partial charge in [0, 0.05) is 17.3 Å². The number of benzene rings is 1. The number of ether oxygens (including phenoxy) is 1. The van der Waals surface area contributed by atoms with E-state index in [1.165, 1.54) is 13.2 Å². The molecule has 5 heteroatoms. The first kappa shape index (κ1) is 9.31. The monoisotopic (exact) mass is 182 g/mol. The van der Waals surface area contributed by atoms with E-state index in [9.17, 15) is 10.1 Å². The molecule has 0 aromatic heterocycles. The molecule has 1 aromatic rings. The highest BCUT2D eigenvalue weighted by Gasteiger charge is 2.18. The van der Waals surface area contributed by atoms with Crippen LogP contribution in [-0.2, 0) is 0 Å². The third-order valence-corrected chi connectivity index (χ3v) is 1.69. The quantitative estimate of drug-likeness (QED) is 0.427. The van der Waals surface area contributed by atoms with Crippen LogP contribution in [0.4, 0.5) is 11.4 Å². The van der Waals surface area contributed by atoms with Crippen molar-refractivity contribution in [2.45, 2.75) is 6.92 Å². The molecule has 0 aliphatic carbocycles. The summed E-state index contributed by atoms with van der Waals surface area (Å²) in [5.41, 5.74) is 6.43. The van der Waals surface area contributed by atoms with Crippen LogP contribution in [0.2, 0.25) is 0 Å². The van der Waals surface area contributed by atoms with Crippen molar-refractivity contribution < 1.29 is 9.66 Å². The normalized spacial score (nSPS) is 9.69. The summed E-state index contributed by atoms with van der Waals surface area (Å²) < 4.78 is 4.85. The molecule has 1 aromatic carbocycles. The van der Waals surface area contributed by atoms with Gasteiger partial charge in [0.25, 0.3) is 0 Å². The van der Waals surface area contributed by atoms with Gasteiger partial charge in [-0.3, -0.25) is 10.1 Å². The largest absolute Gasteiger partial charge is 0.490 e. The highest BCUT2D eigenvalue weighted by Crippen LogP contribution is 2.32. The van der Waals surface area contributed by atoms with Gasteiger partial charge in [-0.1, -0.05) is 0 Å². The van der Waals surface area contributed by atoms with Gasteiger partial charge < -0.3 is 10.5 Å². The van der Waals surface area contributed by atoms with Crippen molar-refractivity contribution in [3.63, 3.8) is 0 Å². The number of hydrogen-bond acceptors (Lipinski definition) is 4. The van der Waals surface area contributed by atoms with Crippen molar-refractivity contribution in [2.24, 2.45) is 0 Å². The number of rotatable bonds is 2. The highest BCUT2D eigenvalue weighted by molar-refractivity contribution is 5.60. The Bertz CT molecular complexity index is 349. The Morgan fingerprint density at radius 2 is 2.15 bits per heavy atom. The lowest BCUT2D eigenvalue weighted by molar-refractivity contribution is -0.386.